The van der Waals surface area contributed by atoms with Crippen molar-refractivity contribution < 1.29 is 14.3 Å². The van der Waals surface area contributed by atoms with Crippen LogP contribution < -0.4 is 10.1 Å². The predicted octanol–water partition coefficient (Wildman–Crippen LogP) is 4.17. The van der Waals surface area contributed by atoms with Crippen molar-refractivity contribution in [2.75, 3.05) is 11.9 Å². The number of ether oxygens (including phenoxy) is 1. The van der Waals surface area contributed by atoms with Gasteiger partial charge < -0.3 is 14.8 Å². The minimum Gasteiger partial charge on any atom is -0.484 e. The van der Waals surface area contributed by atoms with Crippen LogP contribution in [0.1, 0.15) is 18.9 Å². The van der Waals surface area contributed by atoms with Gasteiger partial charge >= 0.3 is 0 Å². The molecular formula is C21H20BrN3O3. The summed E-state index contributed by atoms with van der Waals surface area (Å²) in [6, 6.07) is 14.8. The van der Waals surface area contributed by atoms with E-state index in [0.29, 0.717) is 24.3 Å². The van der Waals surface area contributed by atoms with Gasteiger partial charge in [0.05, 0.1) is 11.4 Å². The Morgan fingerprint density at radius 2 is 1.96 bits per heavy atom. The van der Waals surface area contributed by atoms with Crippen LogP contribution >= 0.6 is 15.9 Å². The van der Waals surface area contributed by atoms with Crippen LogP contribution in [0.15, 0.2) is 65.4 Å². The fourth-order valence-electron chi connectivity index (χ4n) is 2.63. The lowest BCUT2D eigenvalue weighted by Crippen LogP contribution is -2.21. The third-order valence-electron chi connectivity index (χ3n) is 4.04. The summed E-state index contributed by atoms with van der Waals surface area (Å²) in [7, 11) is 0. The number of rotatable bonds is 8. The van der Waals surface area contributed by atoms with Crippen LogP contribution in [0, 0.1) is 0 Å². The van der Waals surface area contributed by atoms with Gasteiger partial charge in [0.15, 0.2) is 6.61 Å². The van der Waals surface area contributed by atoms with Crippen molar-refractivity contribution >= 4 is 33.3 Å². The number of nitrogens with one attached hydrogen (secondary N) is 1. The molecule has 0 aliphatic rings. The number of Topliss-reactive ketones (excluding diaryl/α,β-unsaturated/α-hetero) is 1. The second-order valence-corrected chi connectivity index (χ2v) is 7.21. The Morgan fingerprint density at radius 1 is 1.18 bits per heavy atom. The number of aromatic nitrogens is 2. The van der Waals surface area contributed by atoms with E-state index in [2.05, 4.69) is 26.3 Å². The standard InChI is InChI=1S/C21H20BrN3O3/c1-15(26)3-4-16-5-8-18(9-6-16)28-14-21(27)24-19-13-17(22)7-10-20(19)25-12-2-11-23-25/h2,5-13H,3-4,14H2,1H3,(H,24,27). The van der Waals surface area contributed by atoms with E-state index in [0.717, 1.165) is 15.7 Å². The van der Waals surface area contributed by atoms with Gasteiger partial charge in [-0.2, -0.15) is 5.10 Å². The van der Waals surface area contributed by atoms with Crippen LogP contribution in [0.5, 0.6) is 5.75 Å². The fraction of sp³-hybridized carbons (Fsp3) is 0.190. The molecule has 0 aliphatic carbocycles. The van der Waals surface area contributed by atoms with E-state index < -0.39 is 0 Å². The van der Waals surface area contributed by atoms with Gasteiger partial charge in [0.1, 0.15) is 11.5 Å². The van der Waals surface area contributed by atoms with Gasteiger partial charge in [0.25, 0.3) is 5.91 Å². The molecule has 0 aliphatic heterocycles. The van der Waals surface area contributed by atoms with E-state index in [4.69, 9.17) is 4.74 Å². The van der Waals surface area contributed by atoms with Crippen molar-refractivity contribution in [2.45, 2.75) is 19.8 Å². The van der Waals surface area contributed by atoms with E-state index in [-0.39, 0.29) is 18.3 Å². The van der Waals surface area contributed by atoms with Gasteiger partial charge in [-0.3, -0.25) is 4.79 Å². The molecule has 0 fully saturated rings. The van der Waals surface area contributed by atoms with E-state index in [1.54, 1.807) is 29.9 Å². The molecule has 0 unspecified atom stereocenters. The van der Waals surface area contributed by atoms with E-state index in [1.165, 1.54) is 0 Å². The van der Waals surface area contributed by atoms with Gasteiger partial charge in [0, 0.05) is 23.3 Å². The molecule has 2 aromatic carbocycles. The maximum Gasteiger partial charge on any atom is 0.262 e. The lowest BCUT2D eigenvalue weighted by Gasteiger charge is -2.12. The predicted molar refractivity (Wildman–Crippen MR) is 111 cm³/mol. The molecule has 0 radical (unpaired) electrons. The number of benzene rings is 2. The topological polar surface area (TPSA) is 73.2 Å². The van der Waals surface area contributed by atoms with Crippen LogP contribution in [-0.2, 0) is 16.0 Å². The lowest BCUT2D eigenvalue weighted by atomic mass is 10.1. The summed E-state index contributed by atoms with van der Waals surface area (Å²) in [5.74, 6) is 0.495. The van der Waals surface area contributed by atoms with E-state index >= 15 is 0 Å². The molecule has 28 heavy (non-hydrogen) atoms. The first-order chi connectivity index (χ1) is 13.5. The van der Waals surface area contributed by atoms with E-state index in [1.807, 2.05) is 42.6 Å². The van der Waals surface area contributed by atoms with Crippen LogP contribution in [0.4, 0.5) is 5.69 Å². The monoisotopic (exact) mass is 441 g/mol. The molecule has 6 nitrogen and oxygen atoms in total. The quantitative estimate of drug-likeness (QED) is 0.568. The number of halogens is 1. The molecule has 3 aromatic rings. The Hall–Kier alpha value is -2.93. The number of carbonyl (C=O) groups is 2. The summed E-state index contributed by atoms with van der Waals surface area (Å²) in [6.07, 6.45) is 4.71. The molecule has 3 rings (SSSR count). The molecule has 144 valence electrons. The Morgan fingerprint density at radius 3 is 2.64 bits per heavy atom. The molecule has 0 bridgehead atoms. The SMILES string of the molecule is CC(=O)CCc1ccc(OCC(=O)Nc2cc(Br)ccc2-n2cccn2)cc1. The molecule has 1 N–H and O–H groups in total. The van der Waals surface area contributed by atoms with Crippen molar-refractivity contribution in [3.8, 4) is 11.4 Å². The normalized spacial score (nSPS) is 10.5. The van der Waals surface area contributed by atoms with Gasteiger partial charge in [0.2, 0.25) is 0 Å². The summed E-state index contributed by atoms with van der Waals surface area (Å²) in [5.41, 5.74) is 2.45. The lowest BCUT2D eigenvalue weighted by molar-refractivity contribution is -0.118. The Bertz CT molecular complexity index is 954. The zero-order valence-electron chi connectivity index (χ0n) is 15.4. The number of aryl methyl sites for hydroxylation is 1. The van der Waals surface area contributed by atoms with Crippen LogP contribution in [0.25, 0.3) is 5.69 Å². The first-order valence-electron chi connectivity index (χ1n) is 8.82. The number of nitrogens with zero attached hydrogens (tertiary/aromatic N) is 2. The minimum atomic E-state index is -0.271. The zero-order valence-corrected chi connectivity index (χ0v) is 17.0. The third kappa shape index (κ3) is 5.53. The average Bonchev–Trinajstić information content (AvgIpc) is 3.20. The highest BCUT2D eigenvalue weighted by Crippen LogP contribution is 2.24. The molecule has 0 saturated heterocycles. The van der Waals surface area contributed by atoms with Crippen LogP contribution in [-0.4, -0.2) is 28.1 Å². The van der Waals surface area contributed by atoms with Gasteiger partial charge in [-0.25, -0.2) is 4.68 Å². The van der Waals surface area contributed by atoms with Crippen molar-refractivity contribution in [3.63, 3.8) is 0 Å². The molecule has 1 heterocycles. The van der Waals surface area contributed by atoms with Gasteiger partial charge in [-0.15, -0.1) is 0 Å². The average molecular weight is 442 g/mol. The molecular weight excluding hydrogens is 422 g/mol. The Balaban J connectivity index is 1.59. The summed E-state index contributed by atoms with van der Waals surface area (Å²) in [5, 5.41) is 7.07. The summed E-state index contributed by atoms with van der Waals surface area (Å²) in [6.45, 7) is 1.47. The maximum absolute atomic E-state index is 12.3. The maximum atomic E-state index is 12.3. The third-order valence-corrected chi connectivity index (χ3v) is 4.54. The second-order valence-electron chi connectivity index (χ2n) is 6.29. The van der Waals surface area contributed by atoms with Gasteiger partial charge in [-0.05, 0) is 55.3 Å². The molecule has 0 spiro atoms. The van der Waals surface area contributed by atoms with Crippen LogP contribution in [0.3, 0.4) is 0 Å². The Labute approximate surface area is 171 Å². The zero-order chi connectivity index (χ0) is 19.9. The van der Waals surface area contributed by atoms with Gasteiger partial charge in [-0.1, -0.05) is 28.1 Å². The highest BCUT2D eigenvalue weighted by atomic mass is 79.9. The largest absolute Gasteiger partial charge is 0.484 e. The second kappa shape index (κ2) is 9.32. The number of hydrogen-bond acceptors (Lipinski definition) is 4. The summed E-state index contributed by atoms with van der Waals surface area (Å²) < 4.78 is 8.10. The number of hydrogen-bond donors (Lipinski definition) is 1. The van der Waals surface area contributed by atoms with Crippen molar-refractivity contribution in [1.29, 1.82) is 0 Å². The summed E-state index contributed by atoms with van der Waals surface area (Å²) in [4.78, 5) is 23.4. The fourth-order valence-corrected chi connectivity index (χ4v) is 2.99. The number of amides is 1. The number of anilines is 1. The van der Waals surface area contributed by atoms with E-state index in [9.17, 15) is 9.59 Å². The van der Waals surface area contributed by atoms with Crippen LogP contribution in [0.2, 0.25) is 0 Å². The first-order valence-corrected chi connectivity index (χ1v) is 9.61. The first kappa shape index (κ1) is 19.8. The number of ketones is 1. The Kier molecular flexibility index (Phi) is 6.60. The molecule has 0 saturated carbocycles. The minimum absolute atomic E-state index is 0.113. The smallest absolute Gasteiger partial charge is 0.262 e. The van der Waals surface area contributed by atoms with Crippen molar-refractivity contribution in [3.05, 3.63) is 71.0 Å². The highest BCUT2D eigenvalue weighted by molar-refractivity contribution is 9.10. The number of carbonyl (C=O) groups excluding carboxylic acids is 2. The molecule has 0 atom stereocenters. The van der Waals surface area contributed by atoms with Crippen molar-refractivity contribution in [1.82, 2.24) is 9.78 Å². The molecule has 1 aromatic heterocycles. The van der Waals surface area contributed by atoms with Crippen molar-refractivity contribution in [2.24, 2.45) is 0 Å². The summed E-state index contributed by atoms with van der Waals surface area (Å²) >= 11 is 3.42. The highest BCUT2D eigenvalue weighted by Gasteiger charge is 2.10. The molecule has 1 amide bonds. The molecule has 7 heteroatoms.